The van der Waals surface area contributed by atoms with Crippen LogP contribution in [0.3, 0.4) is 0 Å². The van der Waals surface area contributed by atoms with Crippen molar-refractivity contribution in [2.45, 2.75) is 120 Å². The van der Waals surface area contributed by atoms with E-state index in [-0.39, 0.29) is 35.9 Å². The fraction of sp³-hybridized carbons (Fsp3) is 0.846. The lowest BCUT2D eigenvalue weighted by atomic mass is 9.80. The molecule has 6 aliphatic rings. The smallest absolute Gasteiger partial charge is 0.350 e. The molecule has 7 heteroatoms. The van der Waals surface area contributed by atoms with Gasteiger partial charge in [-0.25, -0.2) is 10.6 Å². The molecule has 0 bridgehead atoms. The molecule has 1 saturated carbocycles. The van der Waals surface area contributed by atoms with Crippen LogP contribution in [0.5, 0.6) is 0 Å². The average molecular weight is 459 g/mol. The van der Waals surface area contributed by atoms with Gasteiger partial charge >= 0.3 is 11.9 Å². The molecule has 0 aromatic heterocycles. The van der Waals surface area contributed by atoms with Crippen LogP contribution >= 0.6 is 0 Å². The number of hydrogen-bond acceptors (Lipinski definition) is 6. The number of guanidine groups is 1. The summed E-state index contributed by atoms with van der Waals surface area (Å²) in [5.41, 5.74) is -1.08. The van der Waals surface area contributed by atoms with Crippen LogP contribution in [0.15, 0.2) is 12.2 Å². The Morgan fingerprint density at radius 3 is 2.85 bits per heavy atom. The van der Waals surface area contributed by atoms with Crippen molar-refractivity contribution in [1.82, 2.24) is 10.6 Å². The van der Waals surface area contributed by atoms with Crippen LogP contribution < -0.4 is 10.6 Å². The number of hydrogen-bond donors (Lipinski definition) is 2. The lowest BCUT2D eigenvalue weighted by Gasteiger charge is -2.50. The van der Waals surface area contributed by atoms with Gasteiger partial charge in [-0.2, -0.15) is 0 Å². The van der Waals surface area contributed by atoms with E-state index in [0.29, 0.717) is 18.6 Å². The predicted molar refractivity (Wildman–Crippen MR) is 124 cm³/mol. The summed E-state index contributed by atoms with van der Waals surface area (Å²) in [6, 6.07) is 0.477. The Hall–Kier alpha value is -1.60. The Kier molecular flexibility index (Phi) is 5.48. The molecule has 7 nitrogen and oxygen atoms in total. The Morgan fingerprint density at radius 2 is 2.06 bits per heavy atom. The van der Waals surface area contributed by atoms with Gasteiger partial charge in [-0.1, -0.05) is 19.1 Å². The summed E-state index contributed by atoms with van der Waals surface area (Å²) in [7, 11) is 0. The summed E-state index contributed by atoms with van der Waals surface area (Å²) in [6.07, 6.45) is 16.0. The Labute approximate surface area is 197 Å². The molecule has 0 amide bonds. The molecule has 1 aliphatic carbocycles. The van der Waals surface area contributed by atoms with Crippen LogP contribution in [-0.4, -0.2) is 58.9 Å². The largest absolute Gasteiger partial charge is 0.465 e. The zero-order chi connectivity index (χ0) is 22.6. The summed E-state index contributed by atoms with van der Waals surface area (Å²) in [4.78, 5) is 13.6. The van der Waals surface area contributed by atoms with Crippen molar-refractivity contribution in [2.24, 2.45) is 11.8 Å². The first-order valence-electron chi connectivity index (χ1n) is 13.4. The second-order valence-electron chi connectivity index (χ2n) is 11.3. The zero-order valence-corrected chi connectivity index (χ0v) is 20.2. The van der Waals surface area contributed by atoms with Crippen molar-refractivity contribution in [3.8, 4) is 0 Å². The number of carbonyl (C=O) groups is 1. The molecule has 2 spiro atoms. The third-order valence-electron chi connectivity index (χ3n) is 8.76. The molecule has 2 N–H and O–H groups in total. The fourth-order valence-corrected chi connectivity index (χ4v) is 6.97. The van der Waals surface area contributed by atoms with Crippen LogP contribution in [-0.2, 0) is 19.0 Å². The number of carbonyl (C=O) groups excluding carboxylic acids is 1. The standard InChI is InChI=1S/C26H39N3O4/c1-3-20-8-4-5-13-25(33-20)15-19-11-12-21-22(23(30)31-16-18-9-10-18)26(14-6-7-17(2)32-26)28-24(27-25)29(19)21/h4,8,17-22H,3,5-7,9-16H2,1-2H3,(H,27,28)/p+1/t17-,19+,20+,21-,22-,25+,26-/m1/s1. The summed E-state index contributed by atoms with van der Waals surface area (Å²) < 4.78 is 21.7. The van der Waals surface area contributed by atoms with E-state index >= 15 is 0 Å². The maximum Gasteiger partial charge on any atom is 0.350 e. The molecule has 2 saturated heterocycles. The maximum atomic E-state index is 13.6. The van der Waals surface area contributed by atoms with E-state index in [4.69, 9.17) is 14.2 Å². The van der Waals surface area contributed by atoms with Crippen LogP contribution in [0.2, 0.25) is 0 Å². The second-order valence-corrected chi connectivity index (χ2v) is 11.3. The molecular formula is C26H40N3O4+. The van der Waals surface area contributed by atoms with Crippen molar-refractivity contribution in [3.63, 3.8) is 0 Å². The molecular weight excluding hydrogens is 418 g/mol. The highest BCUT2D eigenvalue weighted by Gasteiger charge is 2.64. The molecule has 0 aromatic rings. The monoisotopic (exact) mass is 458 g/mol. The number of nitrogens with one attached hydrogen (secondary N) is 2. The van der Waals surface area contributed by atoms with Crippen molar-refractivity contribution in [1.29, 1.82) is 0 Å². The Balaban J connectivity index is 1.34. The number of allylic oxidation sites excluding steroid dienone is 1. The lowest BCUT2D eigenvalue weighted by Crippen LogP contribution is -2.76. The number of ether oxygens (including phenoxy) is 3. The molecule has 3 fully saturated rings. The minimum absolute atomic E-state index is 0.0746. The summed E-state index contributed by atoms with van der Waals surface area (Å²) >= 11 is 0. The van der Waals surface area contributed by atoms with Gasteiger partial charge in [0.15, 0.2) is 11.6 Å². The van der Waals surface area contributed by atoms with Gasteiger partial charge in [0.1, 0.15) is 0 Å². The zero-order valence-electron chi connectivity index (χ0n) is 20.2. The van der Waals surface area contributed by atoms with E-state index in [0.717, 1.165) is 63.7 Å². The fourth-order valence-electron chi connectivity index (χ4n) is 6.97. The molecule has 7 atom stereocenters. The van der Waals surface area contributed by atoms with Gasteiger partial charge < -0.3 is 14.2 Å². The van der Waals surface area contributed by atoms with Crippen molar-refractivity contribution >= 4 is 11.9 Å². The van der Waals surface area contributed by atoms with E-state index in [9.17, 15) is 4.79 Å². The first kappa shape index (κ1) is 21.9. The first-order chi connectivity index (χ1) is 16.0. The van der Waals surface area contributed by atoms with Gasteiger partial charge in [0.05, 0.1) is 30.9 Å². The van der Waals surface area contributed by atoms with E-state index in [1.165, 1.54) is 12.8 Å². The van der Waals surface area contributed by atoms with Gasteiger partial charge in [0.2, 0.25) is 5.72 Å². The SMILES string of the molecule is CC[C@H]1C=CCC[C@@]2(C[C@@H]3CC[C@@H]4[C@H](C(=O)OCC5CC5)[C@]5(CCC[C@@H](C)O5)NC(=[N+]34)N2)O1. The van der Waals surface area contributed by atoms with E-state index in [2.05, 4.69) is 41.2 Å². The third kappa shape index (κ3) is 3.89. The van der Waals surface area contributed by atoms with E-state index in [1.807, 2.05) is 0 Å². The number of nitrogens with zero attached hydrogens (tertiary/aromatic N) is 1. The topological polar surface area (TPSA) is 71.8 Å². The molecule has 5 aliphatic heterocycles. The average Bonchev–Trinajstić information content (AvgIpc) is 3.56. The highest BCUT2D eigenvalue weighted by Crippen LogP contribution is 2.46. The normalized spacial score (nSPS) is 44.2. The third-order valence-corrected chi connectivity index (χ3v) is 8.76. The molecule has 5 heterocycles. The molecule has 0 aromatic carbocycles. The summed E-state index contributed by atoms with van der Waals surface area (Å²) in [5, 5.41) is 7.59. The van der Waals surface area contributed by atoms with Crippen molar-refractivity contribution < 1.29 is 23.6 Å². The van der Waals surface area contributed by atoms with Crippen LogP contribution in [0.1, 0.15) is 84.5 Å². The number of esters is 1. The van der Waals surface area contributed by atoms with E-state index < -0.39 is 5.72 Å². The second kappa shape index (κ2) is 8.26. The van der Waals surface area contributed by atoms with Crippen LogP contribution in [0.4, 0.5) is 0 Å². The van der Waals surface area contributed by atoms with Gasteiger partial charge in [-0.15, -0.1) is 0 Å². The number of rotatable bonds is 4. The predicted octanol–water partition coefficient (Wildman–Crippen LogP) is 3.18. The van der Waals surface area contributed by atoms with Gasteiger partial charge in [-0.05, 0) is 64.2 Å². The minimum Gasteiger partial charge on any atom is -0.465 e. The highest BCUT2D eigenvalue weighted by molar-refractivity contribution is 5.82. The Bertz CT molecular complexity index is 854. The van der Waals surface area contributed by atoms with Crippen molar-refractivity contribution in [2.75, 3.05) is 6.61 Å². The molecule has 0 unspecified atom stereocenters. The molecule has 182 valence electrons. The molecule has 6 rings (SSSR count). The van der Waals surface area contributed by atoms with Gasteiger partial charge in [0.25, 0.3) is 0 Å². The quantitative estimate of drug-likeness (QED) is 0.383. The molecule has 33 heavy (non-hydrogen) atoms. The van der Waals surface area contributed by atoms with Gasteiger partial charge in [0, 0.05) is 19.3 Å². The van der Waals surface area contributed by atoms with E-state index in [1.54, 1.807) is 0 Å². The summed E-state index contributed by atoms with van der Waals surface area (Å²) in [6.45, 7) is 4.88. The lowest BCUT2D eigenvalue weighted by molar-refractivity contribution is -0.609. The maximum absolute atomic E-state index is 13.6. The molecule has 0 radical (unpaired) electrons. The van der Waals surface area contributed by atoms with Crippen LogP contribution in [0, 0.1) is 11.8 Å². The first-order valence-corrected chi connectivity index (χ1v) is 13.4. The Morgan fingerprint density at radius 1 is 1.18 bits per heavy atom. The summed E-state index contributed by atoms with van der Waals surface area (Å²) in [5.74, 6) is 1.19. The van der Waals surface area contributed by atoms with Crippen LogP contribution in [0.25, 0.3) is 0 Å². The van der Waals surface area contributed by atoms with Gasteiger partial charge in [-0.3, -0.25) is 9.37 Å². The minimum atomic E-state index is -0.706. The highest BCUT2D eigenvalue weighted by atomic mass is 16.6. The van der Waals surface area contributed by atoms with Crippen molar-refractivity contribution in [3.05, 3.63) is 12.2 Å².